The summed E-state index contributed by atoms with van der Waals surface area (Å²) in [5.41, 5.74) is 8.39. The van der Waals surface area contributed by atoms with Crippen molar-refractivity contribution in [2.24, 2.45) is 0 Å². The van der Waals surface area contributed by atoms with E-state index in [0.717, 1.165) is 55.3 Å². The van der Waals surface area contributed by atoms with Gasteiger partial charge in [0.15, 0.2) is 0 Å². The third-order valence-electron chi connectivity index (χ3n) is 7.34. The van der Waals surface area contributed by atoms with Gasteiger partial charge >= 0.3 is 0 Å². The normalized spacial score (nSPS) is 12.2. The topological polar surface area (TPSA) is 129 Å². The van der Waals surface area contributed by atoms with Gasteiger partial charge in [-0.15, -0.1) is 11.3 Å². The second-order valence-electron chi connectivity index (χ2n) is 10.3. The summed E-state index contributed by atoms with van der Waals surface area (Å²) in [5, 5.41) is 17.2. The van der Waals surface area contributed by atoms with Crippen molar-refractivity contribution in [1.29, 1.82) is 5.41 Å². The van der Waals surface area contributed by atoms with E-state index in [1.165, 1.54) is 11.3 Å². The maximum atomic E-state index is 13.8. The van der Waals surface area contributed by atoms with Crippen molar-refractivity contribution in [1.82, 2.24) is 20.6 Å². The maximum absolute atomic E-state index is 13.8. The number of nitrogens with zero attached hydrogens (tertiary/aromatic N) is 2. The minimum atomic E-state index is -0.622. The quantitative estimate of drug-likeness (QED) is 0.0837. The molecule has 0 atom stereocenters. The van der Waals surface area contributed by atoms with E-state index in [0.29, 0.717) is 27.4 Å². The zero-order chi connectivity index (χ0) is 31.5. The molecular weight excluding hydrogens is 720 g/mol. The highest BCUT2D eigenvalue weighted by atomic mass is 79.9. The molecule has 0 radical (unpaired) electrons. The molecule has 2 aromatic heterocycles. The van der Waals surface area contributed by atoms with Gasteiger partial charge in [-0.2, -0.15) is 9.78 Å². The fourth-order valence-corrected chi connectivity index (χ4v) is 6.92. The number of rotatable bonds is 6. The number of hydrogen-bond donors (Lipinski definition) is 4. The molecule has 0 unspecified atom stereocenters. The lowest BCUT2D eigenvalue weighted by Gasteiger charge is -2.16. The number of halogens is 2. The van der Waals surface area contributed by atoms with E-state index < -0.39 is 11.5 Å². The molecule has 2 heterocycles. The van der Waals surface area contributed by atoms with Crippen LogP contribution in [0.25, 0.3) is 11.3 Å². The highest BCUT2D eigenvalue weighted by Crippen LogP contribution is 2.39. The van der Waals surface area contributed by atoms with Gasteiger partial charge in [-0.3, -0.25) is 30.6 Å². The molecular formula is C33H26Br2N6O3S. The van der Waals surface area contributed by atoms with Crippen LogP contribution in [0.4, 0.5) is 10.7 Å². The van der Waals surface area contributed by atoms with Crippen LogP contribution in [0.3, 0.4) is 0 Å². The average Bonchev–Trinajstić information content (AvgIpc) is 3.43. The molecule has 0 bridgehead atoms. The van der Waals surface area contributed by atoms with E-state index >= 15 is 0 Å². The van der Waals surface area contributed by atoms with Gasteiger partial charge in [-0.05, 0) is 85.8 Å². The van der Waals surface area contributed by atoms with Crippen molar-refractivity contribution in [3.8, 4) is 11.3 Å². The first-order valence-electron chi connectivity index (χ1n) is 14.1. The molecule has 0 aliphatic heterocycles. The average molecular weight is 746 g/mol. The second kappa shape index (κ2) is 13.3. The monoisotopic (exact) mass is 744 g/mol. The van der Waals surface area contributed by atoms with Crippen molar-refractivity contribution in [2.75, 3.05) is 5.32 Å². The number of anilines is 2. The summed E-state index contributed by atoms with van der Waals surface area (Å²) in [4.78, 5) is 41.3. The zero-order valence-electron chi connectivity index (χ0n) is 23.7. The third kappa shape index (κ3) is 6.68. The lowest BCUT2D eigenvalue weighted by molar-refractivity contribution is 0.0933. The SMILES string of the molecule is N=C(NNC(=O)c1ccc(Br)cc1)c1c(Nc2cc(-c3ccccc3)nn(C(=O)c3ccc(Br)cc3)c2=O)sc2c1CCCC2. The Morgan fingerprint density at radius 3 is 2.18 bits per heavy atom. The van der Waals surface area contributed by atoms with Crippen molar-refractivity contribution in [2.45, 2.75) is 25.7 Å². The number of amidine groups is 1. The van der Waals surface area contributed by atoms with Crippen LogP contribution in [0.15, 0.2) is 98.7 Å². The molecule has 1 aliphatic rings. The van der Waals surface area contributed by atoms with Crippen molar-refractivity contribution >= 4 is 71.5 Å². The number of carbonyl (C=O) groups is 2. The highest BCUT2D eigenvalue weighted by molar-refractivity contribution is 9.10. The Hall–Kier alpha value is -4.39. The number of nitrogens with one attached hydrogen (secondary N) is 4. The number of aryl methyl sites for hydroxylation is 1. The highest BCUT2D eigenvalue weighted by Gasteiger charge is 2.26. The van der Waals surface area contributed by atoms with Crippen LogP contribution in [0.5, 0.6) is 0 Å². The predicted octanol–water partition coefficient (Wildman–Crippen LogP) is 7.07. The van der Waals surface area contributed by atoms with Crippen LogP contribution in [0, 0.1) is 5.41 Å². The van der Waals surface area contributed by atoms with E-state index in [1.54, 1.807) is 54.6 Å². The van der Waals surface area contributed by atoms with Crippen molar-refractivity contribution in [3.05, 3.63) is 131 Å². The Labute approximate surface area is 279 Å². The van der Waals surface area contributed by atoms with Gasteiger partial charge in [0, 0.05) is 30.5 Å². The Bertz CT molecular complexity index is 1970. The number of hydrazine groups is 1. The molecule has 45 heavy (non-hydrogen) atoms. The molecule has 5 aromatic rings. The lowest BCUT2D eigenvalue weighted by Crippen LogP contribution is -2.42. The first-order chi connectivity index (χ1) is 21.8. The van der Waals surface area contributed by atoms with Gasteiger partial charge in [0.05, 0.1) is 11.3 Å². The van der Waals surface area contributed by atoms with Crippen LogP contribution < -0.4 is 21.7 Å². The van der Waals surface area contributed by atoms with Gasteiger partial charge < -0.3 is 5.32 Å². The van der Waals surface area contributed by atoms with Gasteiger partial charge in [0.2, 0.25) is 0 Å². The fourth-order valence-electron chi connectivity index (χ4n) is 5.08. The Kier molecular flexibility index (Phi) is 9.06. The predicted molar refractivity (Wildman–Crippen MR) is 184 cm³/mol. The maximum Gasteiger partial charge on any atom is 0.298 e. The number of amides is 1. The van der Waals surface area contributed by atoms with Gasteiger partial charge in [0.1, 0.15) is 16.5 Å². The zero-order valence-corrected chi connectivity index (χ0v) is 27.7. The minimum absolute atomic E-state index is 0.00837. The smallest absolute Gasteiger partial charge is 0.298 e. The molecule has 4 N–H and O–H groups in total. The molecule has 0 saturated carbocycles. The van der Waals surface area contributed by atoms with Gasteiger partial charge in [-0.25, -0.2) is 0 Å². The number of thiophene rings is 1. The minimum Gasteiger partial charge on any atom is -0.342 e. The van der Waals surface area contributed by atoms with E-state index in [-0.39, 0.29) is 17.4 Å². The summed E-state index contributed by atoms with van der Waals surface area (Å²) in [6, 6.07) is 24.5. The summed E-state index contributed by atoms with van der Waals surface area (Å²) in [6.07, 6.45) is 3.61. The Morgan fingerprint density at radius 1 is 0.844 bits per heavy atom. The number of aromatic nitrogens is 2. The molecule has 12 heteroatoms. The lowest BCUT2D eigenvalue weighted by atomic mass is 9.95. The number of benzene rings is 3. The Morgan fingerprint density at radius 2 is 1.49 bits per heavy atom. The van der Waals surface area contributed by atoms with E-state index in [1.807, 2.05) is 30.3 Å². The van der Waals surface area contributed by atoms with Crippen LogP contribution in [-0.2, 0) is 12.8 Å². The number of hydrogen-bond acceptors (Lipinski definition) is 7. The molecule has 0 fully saturated rings. The summed E-state index contributed by atoms with van der Waals surface area (Å²) >= 11 is 8.22. The first-order valence-corrected chi connectivity index (χ1v) is 16.5. The van der Waals surface area contributed by atoms with Crippen LogP contribution >= 0.6 is 43.2 Å². The molecule has 9 nitrogen and oxygen atoms in total. The largest absolute Gasteiger partial charge is 0.342 e. The summed E-state index contributed by atoms with van der Waals surface area (Å²) < 4.78 is 2.53. The van der Waals surface area contributed by atoms with E-state index in [4.69, 9.17) is 5.41 Å². The van der Waals surface area contributed by atoms with Crippen LogP contribution in [-0.4, -0.2) is 27.4 Å². The molecule has 1 amide bonds. The van der Waals surface area contributed by atoms with Crippen LogP contribution in [0.2, 0.25) is 0 Å². The van der Waals surface area contributed by atoms with Crippen LogP contribution in [0.1, 0.15) is 49.6 Å². The molecule has 226 valence electrons. The first kappa shape index (κ1) is 30.6. The summed E-state index contributed by atoms with van der Waals surface area (Å²) in [5.74, 6) is -0.961. The standard InChI is InChI=1S/C33H26Br2N6O3S/c34-22-14-10-20(11-15-22)30(42)39-38-29(36)28-24-8-4-5-9-27(24)45-31(28)37-26-18-25(19-6-2-1-3-7-19)40-41(33(26)44)32(43)21-12-16-23(35)17-13-21/h1-3,6-7,10-18,37H,4-5,8-9H2,(H2,36,38)(H,39,42). The van der Waals surface area contributed by atoms with Crippen molar-refractivity contribution < 1.29 is 9.59 Å². The van der Waals surface area contributed by atoms with E-state index in [2.05, 4.69) is 53.1 Å². The van der Waals surface area contributed by atoms with Gasteiger partial charge in [0.25, 0.3) is 17.4 Å². The second-order valence-corrected chi connectivity index (χ2v) is 13.3. The number of carbonyl (C=O) groups excluding carboxylic acids is 2. The third-order valence-corrected chi connectivity index (χ3v) is 9.61. The molecule has 6 rings (SSSR count). The summed E-state index contributed by atoms with van der Waals surface area (Å²) in [6.45, 7) is 0. The van der Waals surface area contributed by atoms with E-state index in [9.17, 15) is 14.4 Å². The molecule has 1 aliphatic carbocycles. The number of fused-ring (bicyclic) bond motifs is 1. The molecule has 0 spiro atoms. The summed E-state index contributed by atoms with van der Waals surface area (Å²) in [7, 11) is 0. The molecule has 0 saturated heterocycles. The van der Waals surface area contributed by atoms with Crippen molar-refractivity contribution in [3.63, 3.8) is 0 Å². The molecule has 3 aromatic carbocycles. The van der Waals surface area contributed by atoms with Gasteiger partial charge in [-0.1, -0.05) is 62.2 Å². The fraction of sp³-hybridized carbons (Fsp3) is 0.121. The Balaban J connectivity index is 1.37.